The quantitative estimate of drug-likeness (QED) is 0.633. The maximum Gasteiger partial charge on any atom is 0.468 e. The van der Waals surface area contributed by atoms with Crippen molar-refractivity contribution < 1.29 is 27.0 Å². The fraction of sp³-hybridized carbons (Fsp3) is 0.429. The predicted molar refractivity (Wildman–Crippen MR) is 40.9 cm³/mol. The first-order valence-electron chi connectivity index (χ1n) is 3.53. The first kappa shape index (κ1) is 9.82. The summed E-state index contributed by atoms with van der Waals surface area (Å²) < 4.78 is 59.4. The summed E-state index contributed by atoms with van der Waals surface area (Å²) in [7, 11) is 0. The van der Waals surface area contributed by atoms with E-state index in [-0.39, 0.29) is 4.67 Å². The number of allylic oxidation sites excluding steroid dienone is 2. The summed E-state index contributed by atoms with van der Waals surface area (Å²) in [6, 6.07) is 0. The van der Waals surface area contributed by atoms with E-state index in [4.69, 9.17) is 0 Å². The Balaban J connectivity index is 2.39. The SMILES string of the molecule is FC1(F)OC2=CC=C(Br)OC2C1(F)F. The molecule has 0 aliphatic carbocycles. The molecule has 1 atom stereocenters. The van der Waals surface area contributed by atoms with Crippen molar-refractivity contribution in [2.24, 2.45) is 0 Å². The van der Waals surface area contributed by atoms with Crippen molar-refractivity contribution in [2.75, 3.05) is 0 Å². The van der Waals surface area contributed by atoms with Gasteiger partial charge in [0.25, 0.3) is 0 Å². The second-order valence-electron chi connectivity index (χ2n) is 2.78. The fourth-order valence-corrected chi connectivity index (χ4v) is 1.47. The summed E-state index contributed by atoms with van der Waals surface area (Å²) in [6.45, 7) is 0. The molecular weight excluding hydrogens is 272 g/mol. The second kappa shape index (κ2) is 2.65. The fourth-order valence-electron chi connectivity index (χ4n) is 1.15. The van der Waals surface area contributed by atoms with E-state index in [9.17, 15) is 17.6 Å². The molecule has 2 aliphatic rings. The van der Waals surface area contributed by atoms with Crippen molar-refractivity contribution in [1.29, 1.82) is 0 Å². The third-order valence-electron chi connectivity index (χ3n) is 1.83. The molecule has 7 heteroatoms. The Hall–Kier alpha value is -0.720. The molecule has 0 aromatic heterocycles. The van der Waals surface area contributed by atoms with Crippen molar-refractivity contribution >= 4 is 15.9 Å². The van der Waals surface area contributed by atoms with Gasteiger partial charge in [-0.25, -0.2) is 0 Å². The highest BCUT2D eigenvalue weighted by Gasteiger charge is 2.73. The Labute approximate surface area is 84.3 Å². The van der Waals surface area contributed by atoms with Crippen molar-refractivity contribution in [3.63, 3.8) is 0 Å². The van der Waals surface area contributed by atoms with Crippen molar-refractivity contribution in [1.82, 2.24) is 0 Å². The van der Waals surface area contributed by atoms with Gasteiger partial charge in [0, 0.05) is 0 Å². The lowest BCUT2D eigenvalue weighted by molar-refractivity contribution is -0.306. The van der Waals surface area contributed by atoms with Gasteiger partial charge in [0.2, 0.25) is 6.10 Å². The molecule has 2 heterocycles. The Morgan fingerprint density at radius 2 is 1.86 bits per heavy atom. The van der Waals surface area contributed by atoms with E-state index in [1.165, 1.54) is 6.08 Å². The molecule has 0 amide bonds. The average Bonchev–Trinajstić information content (AvgIpc) is 2.22. The third-order valence-corrected chi connectivity index (χ3v) is 2.28. The van der Waals surface area contributed by atoms with Crippen molar-refractivity contribution in [2.45, 2.75) is 18.1 Å². The highest BCUT2D eigenvalue weighted by Crippen LogP contribution is 2.51. The summed E-state index contributed by atoms with van der Waals surface area (Å²) >= 11 is 2.77. The number of fused-ring (bicyclic) bond motifs is 1. The number of alkyl halides is 4. The molecule has 1 unspecified atom stereocenters. The Kier molecular flexibility index (Phi) is 1.86. The summed E-state index contributed by atoms with van der Waals surface area (Å²) in [5.74, 6) is -4.92. The van der Waals surface area contributed by atoms with Gasteiger partial charge in [-0.2, -0.15) is 17.6 Å². The molecule has 0 spiro atoms. The molecule has 1 saturated heterocycles. The topological polar surface area (TPSA) is 18.5 Å². The van der Waals surface area contributed by atoms with Gasteiger partial charge in [0.15, 0.2) is 10.4 Å². The van der Waals surface area contributed by atoms with Crippen LogP contribution >= 0.6 is 15.9 Å². The molecule has 0 bridgehead atoms. The molecule has 2 rings (SSSR count). The van der Waals surface area contributed by atoms with Crippen LogP contribution in [0.15, 0.2) is 22.6 Å². The van der Waals surface area contributed by atoms with Crippen molar-refractivity contribution in [3.05, 3.63) is 22.6 Å². The van der Waals surface area contributed by atoms with Gasteiger partial charge in [0.1, 0.15) is 0 Å². The number of hydrogen-bond donors (Lipinski definition) is 0. The normalized spacial score (nSPS) is 32.2. The van der Waals surface area contributed by atoms with Gasteiger partial charge in [-0.05, 0) is 28.1 Å². The van der Waals surface area contributed by atoms with E-state index >= 15 is 0 Å². The minimum Gasteiger partial charge on any atom is -0.469 e. The van der Waals surface area contributed by atoms with Gasteiger partial charge >= 0.3 is 12.0 Å². The highest BCUT2D eigenvalue weighted by molar-refractivity contribution is 9.11. The minimum absolute atomic E-state index is 0.0350. The summed E-state index contributed by atoms with van der Waals surface area (Å²) in [6.07, 6.45) is -4.34. The summed E-state index contributed by atoms with van der Waals surface area (Å²) in [5, 5.41) is 0. The molecule has 1 fully saturated rings. The van der Waals surface area contributed by atoms with Gasteiger partial charge in [-0.1, -0.05) is 0 Å². The lowest BCUT2D eigenvalue weighted by Crippen LogP contribution is -2.44. The predicted octanol–water partition coefficient (Wildman–Crippen LogP) is 2.76. The monoisotopic (exact) mass is 274 g/mol. The molecule has 2 nitrogen and oxygen atoms in total. The van der Waals surface area contributed by atoms with E-state index in [2.05, 4.69) is 25.4 Å². The molecule has 0 aromatic carbocycles. The minimum atomic E-state index is -4.52. The molecule has 2 aliphatic heterocycles. The van der Waals surface area contributed by atoms with Crippen LogP contribution in [-0.2, 0) is 9.47 Å². The molecule has 78 valence electrons. The first-order chi connectivity index (χ1) is 6.34. The number of hydrogen-bond acceptors (Lipinski definition) is 2. The number of ether oxygens (including phenoxy) is 2. The smallest absolute Gasteiger partial charge is 0.468 e. The zero-order valence-corrected chi connectivity index (χ0v) is 8.02. The largest absolute Gasteiger partial charge is 0.469 e. The second-order valence-corrected chi connectivity index (χ2v) is 3.56. The molecule has 0 aromatic rings. The number of halogens is 5. The van der Waals surface area contributed by atoms with Crippen LogP contribution in [0.5, 0.6) is 0 Å². The molecular formula is C7H3BrF4O2. The molecule has 0 N–H and O–H groups in total. The van der Waals surface area contributed by atoms with Crippen LogP contribution in [0.2, 0.25) is 0 Å². The van der Waals surface area contributed by atoms with Crippen LogP contribution in [0.3, 0.4) is 0 Å². The van der Waals surface area contributed by atoms with E-state index in [1.807, 2.05) is 0 Å². The molecule has 0 saturated carbocycles. The zero-order chi connectivity index (χ0) is 10.6. The Morgan fingerprint density at radius 1 is 1.21 bits per heavy atom. The molecule has 0 radical (unpaired) electrons. The molecule has 14 heavy (non-hydrogen) atoms. The Bertz CT molecular complexity index is 337. The standard InChI is InChI=1S/C7H3BrF4O2/c8-4-2-1-3-5(13-4)6(9,10)7(11,12)14-3/h1-2,5H. The van der Waals surface area contributed by atoms with Crippen LogP contribution < -0.4 is 0 Å². The lowest BCUT2D eigenvalue weighted by Gasteiger charge is -2.21. The maximum atomic E-state index is 12.9. The number of rotatable bonds is 0. The first-order valence-corrected chi connectivity index (χ1v) is 4.32. The van der Waals surface area contributed by atoms with Crippen LogP contribution in [0.25, 0.3) is 0 Å². The average molecular weight is 275 g/mol. The van der Waals surface area contributed by atoms with Crippen LogP contribution in [0, 0.1) is 0 Å². The van der Waals surface area contributed by atoms with Crippen LogP contribution in [-0.4, -0.2) is 18.1 Å². The lowest BCUT2D eigenvalue weighted by atomic mass is 10.1. The van der Waals surface area contributed by atoms with Crippen LogP contribution in [0.1, 0.15) is 0 Å². The van der Waals surface area contributed by atoms with E-state index in [0.29, 0.717) is 0 Å². The van der Waals surface area contributed by atoms with Gasteiger partial charge in [-0.15, -0.1) is 0 Å². The highest BCUT2D eigenvalue weighted by atomic mass is 79.9. The zero-order valence-electron chi connectivity index (χ0n) is 6.44. The maximum absolute atomic E-state index is 12.9. The van der Waals surface area contributed by atoms with Gasteiger partial charge < -0.3 is 9.47 Å². The van der Waals surface area contributed by atoms with Crippen LogP contribution in [0.4, 0.5) is 17.6 Å². The summed E-state index contributed by atoms with van der Waals surface area (Å²) in [5.41, 5.74) is 0. The van der Waals surface area contributed by atoms with E-state index < -0.39 is 23.9 Å². The summed E-state index contributed by atoms with van der Waals surface area (Å²) in [4.78, 5) is 0. The van der Waals surface area contributed by atoms with Gasteiger partial charge in [0.05, 0.1) is 0 Å². The van der Waals surface area contributed by atoms with E-state index in [1.54, 1.807) is 0 Å². The third kappa shape index (κ3) is 1.14. The van der Waals surface area contributed by atoms with Gasteiger partial charge in [-0.3, -0.25) is 0 Å². The Morgan fingerprint density at radius 3 is 2.50 bits per heavy atom. The van der Waals surface area contributed by atoms with E-state index in [0.717, 1.165) is 6.08 Å². The van der Waals surface area contributed by atoms with Crippen molar-refractivity contribution in [3.8, 4) is 0 Å².